The molecule has 0 heterocycles. The first kappa shape index (κ1) is 30.1. The highest BCUT2D eigenvalue weighted by Gasteiger charge is 2.38. The maximum absolute atomic E-state index is 13.3. The van der Waals surface area contributed by atoms with Crippen LogP contribution in [0, 0.1) is 0 Å². The van der Waals surface area contributed by atoms with Crippen LogP contribution in [-0.2, 0) is 24.7 Å². The van der Waals surface area contributed by atoms with Gasteiger partial charge in [0.2, 0.25) is 0 Å². The Morgan fingerprint density at radius 1 is 0.293 bits per heavy atom. The van der Waals surface area contributed by atoms with Gasteiger partial charge in [-0.1, -0.05) is 97.1 Å². The Labute approximate surface area is 226 Å². The Hall–Kier alpha value is -3.90. The lowest BCUT2D eigenvalue weighted by Gasteiger charge is -2.44. The molecule has 0 aliphatic heterocycles. The van der Waals surface area contributed by atoms with Crippen LogP contribution in [-0.4, -0.2) is 6.15 Å². The fraction of sp³-hybridized carbons (Fsp3) is 0.143. The van der Waals surface area contributed by atoms with Gasteiger partial charge in [-0.2, -0.15) is 74.5 Å². The van der Waals surface area contributed by atoms with Gasteiger partial charge in [0.05, 0.1) is 22.3 Å². The predicted molar refractivity (Wildman–Crippen MR) is 131 cm³/mol. The summed E-state index contributed by atoms with van der Waals surface area (Å²) < 4.78 is 160. The summed E-state index contributed by atoms with van der Waals surface area (Å²) >= 11 is 0. The second kappa shape index (κ2) is 10.2. The molecule has 4 rings (SSSR count). The average Bonchev–Trinajstić information content (AvgIpc) is 2.88. The molecule has 0 saturated carbocycles. The molecule has 0 radical (unpaired) electrons. The van der Waals surface area contributed by atoms with Crippen molar-refractivity contribution in [2.45, 2.75) is 24.7 Å². The smallest absolute Gasteiger partial charge is 0.195 e. The summed E-state index contributed by atoms with van der Waals surface area (Å²) in [6.07, 6.45) is -22.0. The molecule has 0 bridgehead atoms. The standard InChI is InChI=1S/C28H16BF12/c30-25(31,32)17-1-9-21(10-2-17)29(22-11-3-18(4-12-22)26(33,34)35,23-13-5-19(6-14-23)27(36,37)38)24-15-7-20(8-16-24)28(39,40)41/h1-16H/q-1/p+1. The minimum absolute atomic E-state index is 0. The number of alkyl halides is 12. The van der Waals surface area contributed by atoms with Crippen LogP contribution in [0.4, 0.5) is 52.7 Å². The first-order valence-corrected chi connectivity index (χ1v) is 11.7. The molecule has 0 aliphatic carbocycles. The van der Waals surface area contributed by atoms with Gasteiger partial charge in [0.25, 0.3) is 0 Å². The quantitative estimate of drug-likeness (QED) is 0.173. The van der Waals surface area contributed by atoms with E-state index in [1.54, 1.807) is 0 Å². The minimum Gasteiger partial charge on any atom is -0.195 e. The van der Waals surface area contributed by atoms with Gasteiger partial charge >= 0.3 is 26.1 Å². The Morgan fingerprint density at radius 3 is 0.561 bits per heavy atom. The topological polar surface area (TPSA) is 0 Å². The zero-order valence-corrected chi connectivity index (χ0v) is 20.4. The maximum atomic E-state index is 13.3. The van der Waals surface area contributed by atoms with Gasteiger partial charge in [-0.05, 0) is 0 Å². The van der Waals surface area contributed by atoms with Gasteiger partial charge in [0, 0.05) is 0 Å². The van der Waals surface area contributed by atoms with E-state index in [-0.39, 0.29) is 23.3 Å². The van der Waals surface area contributed by atoms with E-state index in [0.29, 0.717) is 48.5 Å². The maximum Gasteiger partial charge on any atom is 1.00 e. The van der Waals surface area contributed by atoms with Crippen molar-refractivity contribution in [1.82, 2.24) is 0 Å². The lowest BCUT2D eigenvalue weighted by Crippen LogP contribution is -2.74. The van der Waals surface area contributed by atoms with Crippen LogP contribution in [0.25, 0.3) is 0 Å². The van der Waals surface area contributed by atoms with Crippen LogP contribution in [0.2, 0.25) is 0 Å². The highest BCUT2D eigenvalue weighted by Crippen LogP contribution is 2.32. The van der Waals surface area contributed by atoms with Crippen molar-refractivity contribution in [3.63, 3.8) is 0 Å². The van der Waals surface area contributed by atoms with E-state index < -0.39 is 53.1 Å². The van der Waals surface area contributed by atoms with Crippen molar-refractivity contribution in [2.24, 2.45) is 0 Å². The van der Waals surface area contributed by atoms with Crippen molar-refractivity contribution < 1.29 is 54.1 Å². The third kappa shape index (κ3) is 5.94. The summed E-state index contributed by atoms with van der Waals surface area (Å²) in [6, 6.07) is 13.6. The summed E-state index contributed by atoms with van der Waals surface area (Å²) in [5.74, 6) is 0. The molecule has 0 N–H and O–H groups in total. The number of hydrogen-bond donors (Lipinski definition) is 0. The van der Waals surface area contributed by atoms with E-state index in [4.69, 9.17) is 0 Å². The van der Waals surface area contributed by atoms with E-state index in [1.165, 1.54) is 0 Å². The molecule has 0 fully saturated rings. The highest BCUT2D eigenvalue weighted by atomic mass is 19.4. The van der Waals surface area contributed by atoms with E-state index >= 15 is 0 Å². The number of benzene rings is 4. The van der Waals surface area contributed by atoms with Crippen molar-refractivity contribution >= 4 is 28.0 Å². The Bertz CT molecular complexity index is 1250. The molecule has 0 aliphatic rings. The van der Waals surface area contributed by atoms with E-state index in [9.17, 15) is 52.7 Å². The summed E-state index contributed by atoms with van der Waals surface area (Å²) in [5, 5.41) is 0. The monoisotopic (exact) mass is 592 g/mol. The molecule has 0 nitrogen and oxygen atoms in total. The Balaban J connectivity index is 0.00000484. The molecular formula is C28H17BF12. The first-order valence-electron chi connectivity index (χ1n) is 11.7. The van der Waals surface area contributed by atoms with Crippen molar-refractivity contribution in [1.29, 1.82) is 0 Å². The summed E-state index contributed by atoms with van der Waals surface area (Å²) in [4.78, 5) is 0. The fourth-order valence-corrected chi connectivity index (χ4v) is 5.00. The fourth-order valence-electron chi connectivity index (χ4n) is 5.00. The molecular weight excluding hydrogens is 575 g/mol. The number of halogens is 12. The van der Waals surface area contributed by atoms with Gasteiger partial charge in [-0.25, -0.2) is 0 Å². The lowest BCUT2D eigenvalue weighted by atomic mass is 9.13. The normalized spacial score (nSPS) is 13.4. The Morgan fingerprint density at radius 2 is 0.439 bits per heavy atom. The van der Waals surface area contributed by atoms with Crippen molar-refractivity contribution in [3.8, 4) is 0 Å². The average molecular weight is 592 g/mol. The molecule has 4 aromatic rings. The predicted octanol–water partition coefficient (Wildman–Crippen LogP) is 7.25. The van der Waals surface area contributed by atoms with Crippen LogP contribution in [0.1, 0.15) is 23.7 Å². The second-order valence-electron chi connectivity index (χ2n) is 9.35. The van der Waals surface area contributed by atoms with E-state index in [0.717, 1.165) is 48.5 Å². The third-order valence-corrected chi connectivity index (χ3v) is 6.95. The molecule has 0 aromatic heterocycles. The molecule has 0 amide bonds. The molecule has 41 heavy (non-hydrogen) atoms. The van der Waals surface area contributed by atoms with Crippen LogP contribution in [0.3, 0.4) is 0 Å². The molecule has 216 valence electrons. The van der Waals surface area contributed by atoms with Crippen LogP contribution in [0.15, 0.2) is 97.1 Å². The van der Waals surface area contributed by atoms with Gasteiger partial charge in [-0.15, -0.1) is 0 Å². The second-order valence-corrected chi connectivity index (χ2v) is 9.35. The zero-order valence-electron chi connectivity index (χ0n) is 21.4. The molecule has 13 heteroatoms. The van der Waals surface area contributed by atoms with Crippen molar-refractivity contribution in [2.75, 3.05) is 0 Å². The third-order valence-electron chi connectivity index (χ3n) is 6.95. The van der Waals surface area contributed by atoms with Gasteiger partial charge < -0.3 is 0 Å². The Kier molecular flexibility index (Phi) is 7.47. The minimum atomic E-state index is -4.77. The van der Waals surface area contributed by atoms with Crippen molar-refractivity contribution in [3.05, 3.63) is 119 Å². The van der Waals surface area contributed by atoms with E-state index in [2.05, 4.69) is 0 Å². The van der Waals surface area contributed by atoms with Crippen LogP contribution >= 0.6 is 0 Å². The molecule has 0 spiro atoms. The molecule has 0 unspecified atom stereocenters. The zero-order chi connectivity index (χ0) is 30.4. The highest BCUT2D eigenvalue weighted by molar-refractivity contribution is 7.19. The summed E-state index contributed by atoms with van der Waals surface area (Å²) in [5.41, 5.74) is -4.29. The molecule has 0 atom stereocenters. The lowest BCUT2D eigenvalue weighted by molar-refractivity contribution is -0.138. The molecule has 0 saturated heterocycles. The number of hydrogen-bond acceptors (Lipinski definition) is 0. The number of rotatable bonds is 4. The largest absolute Gasteiger partial charge is 1.00 e. The van der Waals surface area contributed by atoms with Gasteiger partial charge in [0.15, 0.2) is 0 Å². The first-order chi connectivity index (χ1) is 18.8. The van der Waals surface area contributed by atoms with Crippen LogP contribution in [0.5, 0.6) is 0 Å². The van der Waals surface area contributed by atoms with Gasteiger partial charge in [0.1, 0.15) is 6.15 Å². The van der Waals surface area contributed by atoms with Gasteiger partial charge in [-0.3, -0.25) is 0 Å². The summed E-state index contributed by atoms with van der Waals surface area (Å²) in [7, 11) is 0. The van der Waals surface area contributed by atoms with E-state index in [1.807, 2.05) is 0 Å². The molecule has 4 aromatic carbocycles. The van der Waals surface area contributed by atoms with Crippen LogP contribution < -0.4 is 21.9 Å². The SMILES string of the molecule is FC(F)(F)c1ccc([B-](c2ccc(C(F)(F)F)cc2)(c2ccc(C(F)(F)F)cc2)c2ccc(C(F)(F)F)cc2)cc1.[H+]. The summed E-state index contributed by atoms with van der Waals surface area (Å²) in [6.45, 7) is 0.